The summed E-state index contributed by atoms with van der Waals surface area (Å²) in [4.78, 5) is 11.7. The minimum Gasteiger partial charge on any atom is -0.489 e. The van der Waals surface area contributed by atoms with Crippen LogP contribution in [0.15, 0.2) is 49.6 Å². The van der Waals surface area contributed by atoms with Crippen LogP contribution in [-0.2, 0) is 4.79 Å². The third-order valence-corrected chi connectivity index (χ3v) is 2.91. The molecule has 20 heavy (non-hydrogen) atoms. The highest BCUT2D eigenvalue weighted by atomic mass is 35.6. The summed E-state index contributed by atoms with van der Waals surface area (Å²) in [7, 11) is 0. The van der Waals surface area contributed by atoms with Gasteiger partial charge in [-0.25, -0.2) is 0 Å². The highest BCUT2D eigenvalue weighted by Crippen LogP contribution is 2.30. The van der Waals surface area contributed by atoms with Gasteiger partial charge >= 0.3 is 0 Å². The third-order valence-electron chi connectivity index (χ3n) is 2.39. The minimum atomic E-state index is -2.03. The second-order valence-corrected chi connectivity index (χ2v) is 6.10. The van der Waals surface area contributed by atoms with Gasteiger partial charge in [0.1, 0.15) is 12.4 Å². The van der Waals surface area contributed by atoms with E-state index in [0.717, 1.165) is 0 Å². The molecule has 0 fully saturated rings. The van der Waals surface area contributed by atoms with Crippen LogP contribution >= 0.6 is 34.8 Å². The van der Waals surface area contributed by atoms with E-state index in [2.05, 4.69) is 18.5 Å². The highest BCUT2D eigenvalue weighted by molar-refractivity contribution is 6.76. The molecule has 0 bridgehead atoms. The summed E-state index contributed by atoms with van der Waals surface area (Å²) >= 11 is 16.6. The van der Waals surface area contributed by atoms with Crippen molar-refractivity contribution in [3.8, 4) is 5.75 Å². The van der Waals surface area contributed by atoms with E-state index in [9.17, 15) is 4.79 Å². The summed E-state index contributed by atoms with van der Waals surface area (Å²) < 4.78 is 3.49. The largest absolute Gasteiger partial charge is 0.489 e. The van der Waals surface area contributed by atoms with E-state index in [-0.39, 0.29) is 0 Å². The number of rotatable bonds is 6. The molecule has 1 N–H and O–H groups in total. The van der Waals surface area contributed by atoms with Crippen LogP contribution in [0.25, 0.3) is 0 Å². The smallest absolute Gasteiger partial charge is 0.272 e. The van der Waals surface area contributed by atoms with E-state index in [0.29, 0.717) is 17.9 Å². The molecule has 1 aromatic rings. The van der Waals surface area contributed by atoms with Crippen LogP contribution in [0.5, 0.6) is 5.75 Å². The summed E-state index contributed by atoms with van der Waals surface area (Å²) in [5.74, 6) is -0.132. The molecular formula is C14H14Cl3NO2. The number of carbonyl (C=O) groups is 1. The highest BCUT2D eigenvalue weighted by Gasteiger charge is 2.32. The fourth-order valence-corrected chi connectivity index (χ4v) is 1.67. The molecule has 1 unspecified atom stereocenters. The lowest BCUT2D eigenvalue weighted by molar-refractivity contribution is -0.120. The number of halogens is 3. The van der Waals surface area contributed by atoms with Crippen molar-refractivity contribution in [2.24, 2.45) is 0 Å². The number of benzene rings is 1. The van der Waals surface area contributed by atoms with Crippen molar-refractivity contribution in [1.82, 2.24) is 5.32 Å². The molecule has 0 saturated carbocycles. The van der Waals surface area contributed by atoms with Crippen LogP contribution in [0.2, 0.25) is 0 Å². The maximum absolute atomic E-state index is 11.7. The number of hydrogen-bond donors (Lipinski definition) is 1. The molecule has 0 aromatic heterocycles. The summed E-state index contributed by atoms with van der Waals surface area (Å²) in [5.41, 5.74) is 0.715. The zero-order chi connectivity index (χ0) is 15.2. The Hall–Kier alpha value is -1.16. The maximum atomic E-state index is 11.7. The van der Waals surface area contributed by atoms with Crippen LogP contribution in [0.3, 0.4) is 0 Å². The average Bonchev–Trinajstić information content (AvgIpc) is 2.41. The summed E-state index contributed by atoms with van der Waals surface area (Å²) in [6.45, 7) is 7.60. The average molecular weight is 335 g/mol. The molecule has 1 aromatic carbocycles. The predicted octanol–water partition coefficient (Wildman–Crippen LogP) is 3.96. The monoisotopic (exact) mass is 333 g/mol. The molecule has 1 atom stereocenters. The zero-order valence-electron chi connectivity index (χ0n) is 10.6. The summed E-state index contributed by atoms with van der Waals surface area (Å²) in [5, 5.41) is 2.58. The van der Waals surface area contributed by atoms with Crippen molar-refractivity contribution >= 4 is 40.7 Å². The van der Waals surface area contributed by atoms with Crippen molar-refractivity contribution < 1.29 is 9.53 Å². The molecule has 0 spiro atoms. The molecule has 6 heteroatoms. The van der Waals surface area contributed by atoms with E-state index < -0.39 is 15.7 Å². The van der Waals surface area contributed by atoms with Crippen molar-refractivity contribution in [3.63, 3.8) is 0 Å². The van der Waals surface area contributed by atoms with Gasteiger partial charge in [0.2, 0.25) is 0 Å². The molecule has 0 aliphatic carbocycles. The van der Waals surface area contributed by atoms with E-state index in [4.69, 9.17) is 39.5 Å². The number of amides is 1. The summed E-state index contributed by atoms with van der Waals surface area (Å²) in [6, 6.07) is 6.67. The molecule has 0 aliphatic rings. The van der Waals surface area contributed by atoms with Gasteiger partial charge in [-0.1, -0.05) is 71.7 Å². The minimum absolute atomic E-state index is 0.347. The van der Waals surface area contributed by atoms with E-state index >= 15 is 0 Å². The second kappa shape index (κ2) is 7.58. The number of para-hydroxylation sites is 1. The Kier molecular flexibility index (Phi) is 6.40. The van der Waals surface area contributed by atoms with Crippen LogP contribution in [-0.4, -0.2) is 16.3 Å². The van der Waals surface area contributed by atoms with Gasteiger partial charge in [-0.05, 0) is 6.07 Å². The number of nitrogens with one attached hydrogen (secondary N) is 1. The predicted molar refractivity (Wildman–Crippen MR) is 83.5 cm³/mol. The molecular weight excluding hydrogens is 321 g/mol. The van der Waals surface area contributed by atoms with Crippen molar-refractivity contribution in [2.75, 3.05) is 6.61 Å². The van der Waals surface area contributed by atoms with Crippen LogP contribution in [0.1, 0.15) is 11.6 Å². The standard InChI is InChI=1S/C14H14Cl3NO2/c1-3-9-20-12-8-6-5-7-10(12)11(4-2)18-13(19)14(15,16)17/h3-8,11H,1-2,9H2,(H,18,19). The quantitative estimate of drug-likeness (QED) is 0.631. The van der Waals surface area contributed by atoms with Gasteiger partial charge < -0.3 is 10.1 Å². The second-order valence-electron chi connectivity index (χ2n) is 3.82. The number of alkyl halides is 3. The molecule has 108 valence electrons. The lowest BCUT2D eigenvalue weighted by Crippen LogP contribution is -2.36. The van der Waals surface area contributed by atoms with Crippen LogP contribution in [0, 0.1) is 0 Å². The van der Waals surface area contributed by atoms with Crippen LogP contribution < -0.4 is 10.1 Å². The first-order chi connectivity index (χ1) is 9.40. The van der Waals surface area contributed by atoms with Crippen molar-refractivity contribution in [3.05, 3.63) is 55.1 Å². The summed E-state index contributed by atoms with van der Waals surface area (Å²) in [6.07, 6.45) is 3.16. The Morgan fingerprint density at radius 3 is 2.55 bits per heavy atom. The van der Waals surface area contributed by atoms with E-state index in [1.807, 2.05) is 12.1 Å². The molecule has 1 amide bonds. The third kappa shape index (κ3) is 4.75. The fraction of sp³-hybridized carbons (Fsp3) is 0.214. The van der Waals surface area contributed by atoms with Gasteiger partial charge in [0.25, 0.3) is 9.70 Å². The Labute approximate surface area is 133 Å². The van der Waals surface area contributed by atoms with Gasteiger partial charge in [0.15, 0.2) is 0 Å². The van der Waals surface area contributed by atoms with Gasteiger partial charge in [0.05, 0.1) is 6.04 Å². The first-order valence-corrected chi connectivity index (χ1v) is 6.86. The van der Waals surface area contributed by atoms with Gasteiger partial charge in [-0.15, -0.1) is 6.58 Å². The van der Waals surface area contributed by atoms with Gasteiger partial charge in [-0.2, -0.15) is 0 Å². The van der Waals surface area contributed by atoms with Crippen molar-refractivity contribution in [1.29, 1.82) is 0 Å². The Morgan fingerprint density at radius 1 is 1.35 bits per heavy atom. The molecule has 3 nitrogen and oxygen atoms in total. The number of carbonyl (C=O) groups excluding carboxylic acids is 1. The van der Waals surface area contributed by atoms with E-state index in [1.54, 1.807) is 18.2 Å². The lowest BCUT2D eigenvalue weighted by Gasteiger charge is -2.20. The fourth-order valence-electron chi connectivity index (χ4n) is 1.50. The lowest BCUT2D eigenvalue weighted by atomic mass is 10.1. The van der Waals surface area contributed by atoms with E-state index in [1.165, 1.54) is 6.08 Å². The van der Waals surface area contributed by atoms with Gasteiger partial charge in [-0.3, -0.25) is 4.79 Å². The Morgan fingerprint density at radius 2 is 2.00 bits per heavy atom. The number of ether oxygens (including phenoxy) is 1. The molecule has 0 radical (unpaired) electrons. The normalized spacial score (nSPS) is 12.3. The molecule has 0 heterocycles. The van der Waals surface area contributed by atoms with Crippen LogP contribution in [0.4, 0.5) is 0 Å². The first kappa shape index (κ1) is 16.9. The zero-order valence-corrected chi connectivity index (χ0v) is 12.9. The molecule has 0 aliphatic heterocycles. The van der Waals surface area contributed by atoms with Gasteiger partial charge in [0, 0.05) is 5.56 Å². The van der Waals surface area contributed by atoms with Crippen molar-refractivity contribution in [2.45, 2.75) is 9.83 Å². The molecule has 1 rings (SSSR count). The molecule has 0 saturated heterocycles. The first-order valence-electron chi connectivity index (χ1n) is 5.73. The SMILES string of the molecule is C=CCOc1ccccc1C(C=C)NC(=O)C(Cl)(Cl)Cl. The number of hydrogen-bond acceptors (Lipinski definition) is 2. The Balaban J connectivity index is 2.97. The topological polar surface area (TPSA) is 38.3 Å². The maximum Gasteiger partial charge on any atom is 0.272 e. The Bertz CT molecular complexity index is 497.